The third-order valence-electron chi connectivity index (χ3n) is 3.24. The molecular weight excluding hydrogens is 286 g/mol. The van der Waals surface area contributed by atoms with Gasteiger partial charge in [0.25, 0.3) is 0 Å². The number of hydrogen-bond acceptors (Lipinski definition) is 1. The van der Waals surface area contributed by atoms with Gasteiger partial charge in [-0.25, -0.2) is 13.6 Å². The van der Waals surface area contributed by atoms with Crippen molar-refractivity contribution in [1.82, 2.24) is 10.6 Å². The van der Waals surface area contributed by atoms with Crippen LogP contribution in [0.3, 0.4) is 0 Å². The summed E-state index contributed by atoms with van der Waals surface area (Å²) in [5.74, 6) is -0.274. The zero-order chi connectivity index (χ0) is 15.8. The van der Waals surface area contributed by atoms with Gasteiger partial charge in [0.15, 0.2) is 0 Å². The Morgan fingerprint density at radius 1 is 0.909 bits per heavy atom. The highest BCUT2D eigenvalue weighted by atomic mass is 19.1. The molecule has 2 rings (SSSR count). The number of halogens is 2. The molecule has 0 saturated heterocycles. The average molecular weight is 304 g/mol. The molecule has 2 aromatic carbocycles. The molecule has 116 valence electrons. The summed E-state index contributed by atoms with van der Waals surface area (Å²) in [5.41, 5.74) is 2.30. The Morgan fingerprint density at radius 2 is 1.55 bits per heavy atom. The number of rotatable bonds is 6. The first-order valence-electron chi connectivity index (χ1n) is 7.13. The number of alkyl halides is 1. The predicted octanol–water partition coefficient (Wildman–Crippen LogP) is 3.30. The SMILES string of the molecule is O=C(NCCF)NCCc1ccccc1-c1ccccc1F. The molecule has 0 spiro atoms. The fraction of sp³-hybridized carbons (Fsp3) is 0.235. The molecule has 2 amide bonds. The van der Waals surface area contributed by atoms with Crippen molar-refractivity contribution in [3.8, 4) is 11.1 Å². The monoisotopic (exact) mass is 304 g/mol. The van der Waals surface area contributed by atoms with Crippen LogP contribution in [0.15, 0.2) is 48.5 Å². The van der Waals surface area contributed by atoms with E-state index in [0.717, 1.165) is 11.1 Å². The lowest BCUT2D eigenvalue weighted by Gasteiger charge is -2.11. The molecule has 0 bridgehead atoms. The molecule has 0 atom stereocenters. The Balaban J connectivity index is 2.04. The molecule has 3 nitrogen and oxygen atoms in total. The maximum absolute atomic E-state index is 13.9. The Labute approximate surface area is 128 Å². The van der Waals surface area contributed by atoms with E-state index in [4.69, 9.17) is 0 Å². The molecule has 22 heavy (non-hydrogen) atoms. The lowest BCUT2D eigenvalue weighted by Crippen LogP contribution is -2.37. The Morgan fingerprint density at radius 3 is 2.27 bits per heavy atom. The van der Waals surface area contributed by atoms with Crippen molar-refractivity contribution in [2.45, 2.75) is 6.42 Å². The molecular formula is C17H18F2N2O. The van der Waals surface area contributed by atoms with Gasteiger partial charge < -0.3 is 10.6 Å². The van der Waals surface area contributed by atoms with Crippen LogP contribution in [0, 0.1) is 5.82 Å². The van der Waals surface area contributed by atoms with Crippen molar-refractivity contribution in [3.05, 3.63) is 59.9 Å². The Bertz CT molecular complexity index is 632. The number of hydrogen-bond donors (Lipinski definition) is 2. The van der Waals surface area contributed by atoms with Crippen LogP contribution in [-0.4, -0.2) is 25.8 Å². The summed E-state index contributed by atoms with van der Waals surface area (Å²) in [6.45, 7) is -0.204. The van der Waals surface area contributed by atoms with Gasteiger partial charge in [-0.1, -0.05) is 42.5 Å². The standard InChI is InChI=1S/C17H18F2N2O/c18-10-12-21-17(22)20-11-9-13-5-1-2-6-14(13)15-7-3-4-8-16(15)19/h1-8H,9-12H2,(H2,20,21,22). The van der Waals surface area contributed by atoms with E-state index in [-0.39, 0.29) is 12.4 Å². The summed E-state index contributed by atoms with van der Waals surface area (Å²) < 4.78 is 25.9. The quantitative estimate of drug-likeness (QED) is 0.844. The van der Waals surface area contributed by atoms with Crippen molar-refractivity contribution in [3.63, 3.8) is 0 Å². The summed E-state index contributed by atoms with van der Waals surface area (Å²) in [6.07, 6.45) is 0.563. The highest BCUT2D eigenvalue weighted by molar-refractivity contribution is 5.74. The number of carbonyl (C=O) groups is 1. The fourth-order valence-electron chi connectivity index (χ4n) is 2.21. The van der Waals surface area contributed by atoms with E-state index in [1.54, 1.807) is 18.2 Å². The van der Waals surface area contributed by atoms with Crippen molar-refractivity contribution < 1.29 is 13.6 Å². The second-order valence-electron chi connectivity index (χ2n) is 4.76. The first kappa shape index (κ1) is 15.9. The Kier molecular flexibility index (Phi) is 5.89. The highest BCUT2D eigenvalue weighted by Crippen LogP contribution is 2.26. The molecule has 2 aromatic rings. The van der Waals surface area contributed by atoms with E-state index in [1.807, 2.05) is 24.3 Å². The summed E-state index contributed by atoms with van der Waals surface area (Å²) in [4.78, 5) is 11.4. The van der Waals surface area contributed by atoms with E-state index in [2.05, 4.69) is 10.6 Å². The third-order valence-corrected chi connectivity index (χ3v) is 3.24. The van der Waals surface area contributed by atoms with Gasteiger partial charge in [-0.15, -0.1) is 0 Å². The minimum absolute atomic E-state index is 0.00233. The van der Waals surface area contributed by atoms with Gasteiger partial charge in [-0.05, 0) is 23.6 Å². The molecule has 0 aromatic heterocycles. The van der Waals surface area contributed by atoms with Crippen LogP contribution in [0.1, 0.15) is 5.56 Å². The minimum atomic E-state index is -0.594. The maximum atomic E-state index is 13.9. The highest BCUT2D eigenvalue weighted by Gasteiger charge is 2.09. The van der Waals surface area contributed by atoms with Gasteiger partial charge in [0.2, 0.25) is 0 Å². The van der Waals surface area contributed by atoms with Crippen LogP contribution in [0.5, 0.6) is 0 Å². The van der Waals surface area contributed by atoms with Crippen molar-refractivity contribution in [2.75, 3.05) is 19.8 Å². The molecule has 0 radical (unpaired) electrons. The first-order chi connectivity index (χ1) is 10.7. The van der Waals surface area contributed by atoms with Crippen LogP contribution >= 0.6 is 0 Å². The van der Waals surface area contributed by atoms with Crippen molar-refractivity contribution in [1.29, 1.82) is 0 Å². The number of amides is 2. The zero-order valence-corrected chi connectivity index (χ0v) is 12.1. The number of carbonyl (C=O) groups excluding carboxylic acids is 1. The van der Waals surface area contributed by atoms with Crippen LogP contribution in [-0.2, 0) is 6.42 Å². The molecule has 0 saturated carbocycles. The molecule has 5 heteroatoms. The van der Waals surface area contributed by atoms with Gasteiger partial charge in [0.05, 0.1) is 0 Å². The second kappa shape index (κ2) is 8.12. The van der Waals surface area contributed by atoms with E-state index in [9.17, 15) is 13.6 Å². The van der Waals surface area contributed by atoms with Crippen LogP contribution in [0.2, 0.25) is 0 Å². The summed E-state index contributed by atoms with van der Waals surface area (Å²) in [5, 5.41) is 5.04. The number of nitrogens with one attached hydrogen (secondary N) is 2. The summed E-state index contributed by atoms with van der Waals surface area (Å²) in [7, 11) is 0. The molecule has 0 aliphatic heterocycles. The third kappa shape index (κ3) is 4.28. The molecule has 0 fully saturated rings. The topological polar surface area (TPSA) is 41.1 Å². The number of benzene rings is 2. The van der Waals surface area contributed by atoms with E-state index < -0.39 is 12.7 Å². The van der Waals surface area contributed by atoms with E-state index in [0.29, 0.717) is 18.5 Å². The molecule has 2 N–H and O–H groups in total. The zero-order valence-electron chi connectivity index (χ0n) is 12.1. The van der Waals surface area contributed by atoms with Crippen molar-refractivity contribution >= 4 is 6.03 Å². The van der Waals surface area contributed by atoms with Gasteiger partial charge in [0.1, 0.15) is 12.5 Å². The minimum Gasteiger partial charge on any atom is -0.338 e. The smallest absolute Gasteiger partial charge is 0.314 e. The van der Waals surface area contributed by atoms with E-state index >= 15 is 0 Å². The Hall–Kier alpha value is -2.43. The van der Waals surface area contributed by atoms with Gasteiger partial charge in [-0.2, -0.15) is 0 Å². The normalized spacial score (nSPS) is 10.3. The summed E-state index contributed by atoms with van der Waals surface area (Å²) in [6, 6.07) is 13.7. The fourth-order valence-corrected chi connectivity index (χ4v) is 2.21. The lowest BCUT2D eigenvalue weighted by molar-refractivity contribution is 0.240. The molecule has 0 aliphatic rings. The van der Waals surface area contributed by atoms with Crippen LogP contribution in [0.4, 0.5) is 13.6 Å². The lowest BCUT2D eigenvalue weighted by atomic mass is 9.97. The first-order valence-corrected chi connectivity index (χ1v) is 7.13. The molecule has 0 unspecified atom stereocenters. The van der Waals surface area contributed by atoms with Gasteiger partial charge in [0, 0.05) is 18.7 Å². The second-order valence-corrected chi connectivity index (χ2v) is 4.76. The largest absolute Gasteiger partial charge is 0.338 e. The van der Waals surface area contributed by atoms with Gasteiger partial charge in [-0.3, -0.25) is 0 Å². The average Bonchev–Trinajstić information content (AvgIpc) is 2.54. The summed E-state index contributed by atoms with van der Waals surface area (Å²) >= 11 is 0. The van der Waals surface area contributed by atoms with Gasteiger partial charge >= 0.3 is 6.03 Å². The molecule has 0 aliphatic carbocycles. The van der Waals surface area contributed by atoms with E-state index in [1.165, 1.54) is 6.07 Å². The number of urea groups is 1. The molecule has 0 heterocycles. The maximum Gasteiger partial charge on any atom is 0.314 e. The van der Waals surface area contributed by atoms with Crippen LogP contribution in [0.25, 0.3) is 11.1 Å². The predicted molar refractivity (Wildman–Crippen MR) is 82.9 cm³/mol. The van der Waals surface area contributed by atoms with Crippen LogP contribution < -0.4 is 10.6 Å². The van der Waals surface area contributed by atoms with Crippen molar-refractivity contribution in [2.24, 2.45) is 0 Å².